The molecule has 1 atom stereocenters. The van der Waals surface area contributed by atoms with Crippen molar-refractivity contribution in [1.82, 2.24) is 0 Å². The van der Waals surface area contributed by atoms with Crippen LogP contribution >= 0.6 is 0 Å². The number of hydrogen-bond acceptors (Lipinski definition) is 3. The van der Waals surface area contributed by atoms with Gasteiger partial charge >= 0.3 is 0 Å². The molecule has 0 aliphatic carbocycles. The third kappa shape index (κ3) is 3.22. The van der Waals surface area contributed by atoms with E-state index in [-0.39, 0.29) is 5.92 Å². The van der Waals surface area contributed by atoms with E-state index in [0.29, 0.717) is 0 Å². The van der Waals surface area contributed by atoms with E-state index in [1.165, 1.54) is 0 Å². The fraction of sp³-hybridized carbons (Fsp3) is 0.222. The van der Waals surface area contributed by atoms with Crippen molar-refractivity contribution in [1.29, 1.82) is 10.5 Å². The number of benzene rings is 2. The number of anilines is 1. The molecular formula is C18H17N3. The van der Waals surface area contributed by atoms with Crippen LogP contribution < -0.4 is 4.90 Å². The minimum Gasteiger partial charge on any atom is -0.378 e. The highest BCUT2D eigenvalue weighted by atomic mass is 15.1. The second-order valence-electron chi connectivity index (χ2n) is 5.11. The quantitative estimate of drug-likeness (QED) is 0.857. The third-order valence-corrected chi connectivity index (χ3v) is 3.54. The molecule has 2 rings (SSSR count). The van der Waals surface area contributed by atoms with Crippen LogP contribution in [-0.4, -0.2) is 14.1 Å². The van der Waals surface area contributed by atoms with Gasteiger partial charge in [-0.05, 0) is 23.3 Å². The van der Waals surface area contributed by atoms with E-state index in [2.05, 4.69) is 12.1 Å². The predicted octanol–water partition coefficient (Wildman–Crippen LogP) is 3.55. The van der Waals surface area contributed by atoms with Gasteiger partial charge in [0.2, 0.25) is 0 Å². The lowest BCUT2D eigenvalue weighted by Crippen LogP contribution is -2.12. The molecule has 2 aromatic carbocycles. The number of nitriles is 2. The standard InChI is InChI=1S/C18H17N3/c1-21(2)17-10-8-15(9-11-17)18(16(12-19)13-20)14-6-4-3-5-7-14/h3-11,16,18H,1-2H3. The van der Waals surface area contributed by atoms with Gasteiger partial charge in [-0.25, -0.2) is 0 Å². The van der Waals surface area contributed by atoms with Gasteiger partial charge < -0.3 is 4.90 Å². The first-order valence-corrected chi connectivity index (χ1v) is 6.79. The summed E-state index contributed by atoms with van der Waals surface area (Å²) in [6.07, 6.45) is 0. The molecule has 0 aliphatic heterocycles. The van der Waals surface area contributed by atoms with Crippen molar-refractivity contribution in [2.24, 2.45) is 5.92 Å². The molecule has 3 nitrogen and oxygen atoms in total. The maximum atomic E-state index is 9.28. The van der Waals surface area contributed by atoms with E-state index in [1.807, 2.05) is 73.6 Å². The molecule has 1 unspecified atom stereocenters. The van der Waals surface area contributed by atoms with Gasteiger partial charge in [-0.1, -0.05) is 42.5 Å². The molecule has 0 aromatic heterocycles. The zero-order chi connectivity index (χ0) is 15.2. The monoisotopic (exact) mass is 275 g/mol. The van der Waals surface area contributed by atoms with Gasteiger partial charge in [-0.3, -0.25) is 0 Å². The van der Waals surface area contributed by atoms with Crippen molar-refractivity contribution in [3.8, 4) is 12.1 Å². The Morgan fingerprint density at radius 2 is 1.33 bits per heavy atom. The average molecular weight is 275 g/mol. The van der Waals surface area contributed by atoms with Crippen molar-refractivity contribution >= 4 is 5.69 Å². The molecule has 0 fully saturated rings. The lowest BCUT2D eigenvalue weighted by atomic mass is 9.82. The molecule has 0 aliphatic rings. The Morgan fingerprint density at radius 1 is 0.810 bits per heavy atom. The van der Waals surface area contributed by atoms with Crippen LogP contribution in [0.5, 0.6) is 0 Å². The SMILES string of the molecule is CN(C)c1ccc(C(c2ccccc2)C(C#N)C#N)cc1. The zero-order valence-electron chi connectivity index (χ0n) is 12.2. The van der Waals surface area contributed by atoms with Gasteiger partial charge in [0.15, 0.2) is 0 Å². The molecule has 104 valence electrons. The smallest absolute Gasteiger partial charge is 0.144 e. The lowest BCUT2D eigenvalue weighted by molar-refractivity contribution is 0.709. The van der Waals surface area contributed by atoms with E-state index in [4.69, 9.17) is 0 Å². The third-order valence-electron chi connectivity index (χ3n) is 3.54. The molecule has 0 radical (unpaired) electrons. The zero-order valence-corrected chi connectivity index (χ0v) is 12.2. The van der Waals surface area contributed by atoms with Gasteiger partial charge in [-0.2, -0.15) is 10.5 Å². The van der Waals surface area contributed by atoms with E-state index in [0.717, 1.165) is 16.8 Å². The average Bonchev–Trinajstić information content (AvgIpc) is 2.53. The summed E-state index contributed by atoms with van der Waals surface area (Å²) < 4.78 is 0. The summed E-state index contributed by atoms with van der Waals surface area (Å²) in [5.41, 5.74) is 3.07. The topological polar surface area (TPSA) is 50.8 Å². The molecule has 21 heavy (non-hydrogen) atoms. The Balaban J connectivity index is 2.46. The summed E-state index contributed by atoms with van der Waals surface area (Å²) >= 11 is 0. The second-order valence-corrected chi connectivity index (χ2v) is 5.11. The van der Waals surface area contributed by atoms with Gasteiger partial charge in [0.05, 0.1) is 12.1 Å². The van der Waals surface area contributed by atoms with Gasteiger partial charge in [0.1, 0.15) is 5.92 Å². The lowest BCUT2D eigenvalue weighted by Gasteiger charge is -2.20. The highest BCUT2D eigenvalue weighted by Crippen LogP contribution is 2.32. The number of hydrogen-bond donors (Lipinski definition) is 0. The summed E-state index contributed by atoms with van der Waals surface area (Å²) in [7, 11) is 3.97. The molecule has 0 N–H and O–H groups in total. The van der Waals surface area contributed by atoms with Crippen molar-refractivity contribution in [2.75, 3.05) is 19.0 Å². The molecule has 0 bridgehead atoms. The first kappa shape index (κ1) is 14.6. The first-order chi connectivity index (χ1) is 10.2. The van der Waals surface area contributed by atoms with Crippen LogP contribution in [0.25, 0.3) is 0 Å². The molecule has 2 aromatic rings. The van der Waals surface area contributed by atoms with E-state index in [9.17, 15) is 10.5 Å². The summed E-state index contributed by atoms with van der Waals surface area (Å²) in [6, 6.07) is 22.0. The Hall–Kier alpha value is -2.78. The summed E-state index contributed by atoms with van der Waals surface area (Å²) in [5.74, 6) is -0.921. The summed E-state index contributed by atoms with van der Waals surface area (Å²) in [6.45, 7) is 0. The molecule has 0 saturated heterocycles. The maximum Gasteiger partial charge on any atom is 0.144 e. The van der Waals surface area contributed by atoms with Crippen molar-refractivity contribution in [3.05, 3.63) is 65.7 Å². The number of rotatable bonds is 4. The Labute approximate surface area is 125 Å². The van der Waals surface area contributed by atoms with Crippen molar-refractivity contribution in [3.63, 3.8) is 0 Å². The van der Waals surface area contributed by atoms with Crippen LogP contribution in [0, 0.1) is 28.6 Å². The molecule has 0 saturated carbocycles. The van der Waals surface area contributed by atoms with Crippen molar-refractivity contribution in [2.45, 2.75) is 5.92 Å². The molecule has 0 amide bonds. The van der Waals surface area contributed by atoms with E-state index < -0.39 is 5.92 Å². The molecule has 3 heteroatoms. The van der Waals surface area contributed by atoms with Crippen LogP contribution in [0.15, 0.2) is 54.6 Å². The minimum atomic E-state index is -0.697. The normalized spacial score (nSPS) is 11.5. The maximum absolute atomic E-state index is 9.28. The van der Waals surface area contributed by atoms with Gasteiger partial charge in [-0.15, -0.1) is 0 Å². The van der Waals surface area contributed by atoms with Crippen LogP contribution in [0.2, 0.25) is 0 Å². The van der Waals surface area contributed by atoms with E-state index >= 15 is 0 Å². The second kappa shape index (κ2) is 6.59. The van der Waals surface area contributed by atoms with Crippen LogP contribution in [0.1, 0.15) is 17.0 Å². The Bertz CT molecular complexity index is 646. The van der Waals surface area contributed by atoms with Crippen LogP contribution in [0.4, 0.5) is 5.69 Å². The minimum absolute atomic E-state index is 0.225. The van der Waals surface area contributed by atoms with Gasteiger partial charge in [0.25, 0.3) is 0 Å². The highest BCUT2D eigenvalue weighted by molar-refractivity contribution is 5.48. The first-order valence-electron chi connectivity index (χ1n) is 6.79. The van der Waals surface area contributed by atoms with Crippen molar-refractivity contribution < 1.29 is 0 Å². The Kier molecular flexibility index (Phi) is 4.59. The number of nitrogens with zero attached hydrogens (tertiary/aromatic N) is 3. The summed E-state index contributed by atoms with van der Waals surface area (Å²) in [4.78, 5) is 2.02. The predicted molar refractivity (Wildman–Crippen MR) is 83.8 cm³/mol. The Morgan fingerprint density at radius 3 is 1.81 bits per heavy atom. The molecular weight excluding hydrogens is 258 g/mol. The van der Waals surface area contributed by atoms with E-state index in [1.54, 1.807) is 0 Å². The summed E-state index contributed by atoms with van der Waals surface area (Å²) in [5, 5.41) is 18.6. The van der Waals surface area contributed by atoms with Gasteiger partial charge in [0, 0.05) is 25.7 Å². The van der Waals surface area contributed by atoms with Crippen LogP contribution in [0.3, 0.4) is 0 Å². The largest absolute Gasteiger partial charge is 0.378 e. The molecule has 0 spiro atoms. The van der Waals surface area contributed by atoms with Crippen LogP contribution in [-0.2, 0) is 0 Å². The highest BCUT2D eigenvalue weighted by Gasteiger charge is 2.24. The fourth-order valence-corrected chi connectivity index (χ4v) is 2.40. The molecule has 0 heterocycles. The fourth-order valence-electron chi connectivity index (χ4n) is 2.40.